The number of rotatable bonds is 0. The molecule has 1 aliphatic carbocycles. The lowest BCUT2D eigenvalue weighted by molar-refractivity contribution is 0.0342. The molecule has 0 aromatic rings. The van der Waals surface area contributed by atoms with E-state index >= 15 is 0 Å². The largest absolute Gasteiger partial charge is 0.266 e. The van der Waals surface area contributed by atoms with E-state index in [1.54, 1.807) is 6.08 Å². The van der Waals surface area contributed by atoms with Gasteiger partial charge in [-0.3, -0.25) is 0 Å². The van der Waals surface area contributed by atoms with E-state index < -0.39 is 5.92 Å². The van der Waals surface area contributed by atoms with E-state index in [-0.39, 0.29) is 6.42 Å². The van der Waals surface area contributed by atoms with E-state index in [1.165, 1.54) is 0 Å². The van der Waals surface area contributed by atoms with Gasteiger partial charge in [-0.1, -0.05) is 13.0 Å². The van der Waals surface area contributed by atoms with Gasteiger partial charge in [0.05, 0.1) is 0 Å². The van der Waals surface area contributed by atoms with Gasteiger partial charge in [0.1, 0.15) is 0 Å². The number of halogens is 2. The summed E-state index contributed by atoms with van der Waals surface area (Å²) in [6.45, 7) is 1.95. The molecule has 2 heteroatoms. The first-order valence-electron chi connectivity index (χ1n) is 3.17. The molecule has 1 aliphatic rings. The molecular formula is C7H10F2. The highest BCUT2D eigenvalue weighted by molar-refractivity contribution is 5.01. The average Bonchev–Trinajstić information content (AvgIpc) is 1.78. The van der Waals surface area contributed by atoms with Crippen molar-refractivity contribution >= 4 is 0 Å². The molecule has 9 heavy (non-hydrogen) atoms. The summed E-state index contributed by atoms with van der Waals surface area (Å²) < 4.78 is 24.6. The molecule has 0 aliphatic heterocycles. The Labute approximate surface area is 53.6 Å². The summed E-state index contributed by atoms with van der Waals surface area (Å²) in [7, 11) is 0. The Hall–Kier alpha value is -0.400. The van der Waals surface area contributed by atoms with Gasteiger partial charge < -0.3 is 0 Å². The van der Waals surface area contributed by atoms with Crippen molar-refractivity contribution in [3.05, 3.63) is 12.2 Å². The van der Waals surface area contributed by atoms with Crippen LogP contribution in [0.25, 0.3) is 0 Å². The summed E-state index contributed by atoms with van der Waals surface area (Å²) in [4.78, 5) is 0. The predicted molar refractivity (Wildman–Crippen MR) is 32.5 cm³/mol. The highest BCUT2D eigenvalue weighted by atomic mass is 19.3. The Kier molecular flexibility index (Phi) is 1.56. The Balaban J connectivity index is 2.58. The Bertz CT molecular complexity index is 127. The average molecular weight is 132 g/mol. The molecule has 0 nitrogen and oxygen atoms in total. The summed E-state index contributed by atoms with van der Waals surface area (Å²) in [5, 5.41) is 0. The van der Waals surface area contributed by atoms with E-state index in [9.17, 15) is 8.78 Å². The van der Waals surface area contributed by atoms with Gasteiger partial charge >= 0.3 is 0 Å². The first-order valence-corrected chi connectivity index (χ1v) is 3.17. The molecule has 52 valence electrons. The van der Waals surface area contributed by atoms with Crippen molar-refractivity contribution in [1.29, 1.82) is 0 Å². The Morgan fingerprint density at radius 3 is 2.56 bits per heavy atom. The first kappa shape index (κ1) is 6.72. The minimum absolute atomic E-state index is 0.0185. The van der Waals surface area contributed by atoms with Crippen LogP contribution in [0, 0.1) is 5.92 Å². The molecule has 0 radical (unpaired) electrons. The van der Waals surface area contributed by atoms with Gasteiger partial charge in [0.2, 0.25) is 0 Å². The molecule has 1 unspecified atom stereocenters. The molecule has 0 spiro atoms. The second kappa shape index (κ2) is 2.09. The van der Waals surface area contributed by atoms with Crippen LogP contribution in [0.1, 0.15) is 19.8 Å². The molecule has 0 N–H and O–H groups in total. The van der Waals surface area contributed by atoms with Crippen LogP contribution in [-0.4, -0.2) is 5.92 Å². The molecule has 0 aromatic heterocycles. The number of allylic oxidation sites excluding steroid dienone is 2. The van der Waals surface area contributed by atoms with Gasteiger partial charge in [0, 0.05) is 6.42 Å². The fourth-order valence-corrected chi connectivity index (χ4v) is 0.905. The summed E-state index contributed by atoms with van der Waals surface area (Å²) in [5.74, 6) is -2.18. The Morgan fingerprint density at radius 1 is 1.56 bits per heavy atom. The van der Waals surface area contributed by atoms with Gasteiger partial charge in [-0.2, -0.15) is 0 Å². The third-order valence-electron chi connectivity index (χ3n) is 1.60. The van der Waals surface area contributed by atoms with Crippen molar-refractivity contribution in [2.75, 3.05) is 0 Å². The number of hydrogen-bond donors (Lipinski definition) is 0. The van der Waals surface area contributed by atoms with Gasteiger partial charge in [-0.15, -0.1) is 0 Å². The summed E-state index contributed by atoms with van der Waals surface area (Å²) in [6.07, 6.45) is 3.23. The SMILES string of the molecule is CC1C=CC(F)(F)CC1. The molecule has 0 heterocycles. The Morgan fingerprint density at radius 2 is 2.22 bits per heavy atom. The van der Waals surface area contributed by atoms with Crippen LogP contribution in [0.3, 0.4) is 0 Å². The van der Waals surface area contributed by atoms with Crippen LogP contribution in [0.5, 0.6) is 0 Å². The summed E-state index contributed by atoms with van der Waals surface area (Å²) in [5.41, 5.74) is 0. The quantitative estimate of drug-likeness (QED) is 0.444. The van der Waals surface area contributed by atoms with E-state index in [4.69, 9.17) is 0 Å². The fourth-order valence-electron chi connectivity index (χ4n) is 0.905. The maximum absolute atomic E-state index is 12.3. The molecule has 1 atom stereocenters. The van der Waals surface area contributed by atoms with Crippen LogP contribution < -0.4 is 0 Å². The van der Waals surface area contributed by atoms with E-state index in [0.717, 1.165) is 6.08 Å². The van der Waals surface area contributed by atoms with Gasteiger partial charge in [0.15, 0.2) is 0 Å². The lowest BCUT2D eigenvalue weighted by Gasteiger charge is -2.18. The number of alkyl halides is 2. The summed E-state index contributed by atoms with van der Waals surface area (Å²) in [6, 6.07) is 0. The second-order valence-corrected chi connectivity index (χ2v) is 2.64. The zero-order chi connectivity index (χ0) is 6.91. The van der Waals surface area contributed by atoms with Crippen LogP contribution in [0.15, 0.2) is 12.2 Å². The smallest absolute Gasteiger partial charge is 0.202 e. The second-order valence-electron chi connectivity index (χ2n) is 2.64. The van der Waals surface area contributed by atoms with Crippen molar-refractivity contribution in [2.24, 2.45) is 5.92 Å². The topological polar surface area (TPSA) is 0 Å². The molecule has 0 saturated heterocycles. The van der Waals surface area contributed by atoms with Crippen molar-refractivity contribution in [2.45, 2.75) is 25.7 Å². The lowest BCUT2D eigenvalue weighted by Crippen LogP contribution is -2.17. The monoisotopic (exact) mass is 132 g/mol. The fraction of sp³-hybridized carbons (Fsp3) is 0.714. The maximum Gasteiger partial charge on any atom is 0.266 e. The van der Waals surface area contributed by atoms with Gasteiger partial charge in [0.25, 0.3) is 5.92 Å². The van der Waals surface area contributed by atoms with E-state index in [2.05, 4.69) is 0 Å². The molecule has 0 saturated carbocycles. The van der Waals surface area contributed by atoms with Crippen molar-refractivity contribution in [1.82, 2.24) is 0 Å². The minimum Gasteiger partial charge on any atom is -0.202 e. The molecule has 1 rings (SSSR count). The van der Waals surface area contributed by atoms with E-state index in [0.29, 0.717) is 12.3 Å². The molecule has 0 amide bonds. The van der Waals surface area contributed by atoms with Crippen LogP contribution in [-0.2, 0) is 0 Å². The summed E-state index contributed by atoms with van der Waals surface area (Å²) >= 11 is 0. The first-order chi connectivity index (χ1) is 4.10. The highest BCUT2D eigenvalue weighted by Crippen LogP contribution is 2.29. The zero-order valence-electron chi connectivity index (χ0n) is 5.40. The van der Waals surface area contributed by atoms with Crippen molar-refractivity contribution in [3.8, 4) is 0 Å². The molecular weight excluding hydrogens is 122 g/mol. The van der Waals surface area contributed by atoms with Crippen LogP contribution >= 0.6 is 0 Å². The minimum atomic E-state index is -2.52. The maximum atomic E-state index is 12.3. The highest BCUT2D eigenvalue weighted by Gasteiger charge is 2.28. The predicted octanol–water partition coefficient (Wildman–Crippen LogP) is 2.61. The van der Waals surface area contributed by atoms with Crippen LogP contribution in [0.4, 0.5) is 8.78 Å². The normalized spacial score (nSPS) is 32.6. The standard InChI is InChI=1S/C7H10F2/c1-6-2-4-7(8,9)5-3-6/h2,4,6H,3,5H2,1H3. The molecule has 0 bridgehead atoms. The molecule has 0 fully saturated rings. The van der Waals surface area contributed by atoms with Crippen LogP contribution in [0.2, 0.25) is 0 Å². The third-order valence-corrected chi connectivity index (χ3v) is 1.60. The zero-order valence-corrected chi connectivity index (χ0v) is 5.40. The molecule has 0 aromatic carbocycles. The number of hydrogen-bond acceptors (Lipinski definition) is 0. The van der Waals surface area contributed by atoms with Crippen molar-refractivity contribution < 1.29 is 8.78 Å². The lowest BCUT2D eigenvalue weighted by atomic mass is 9.95. The van der Waals surface area contributed by atoms with Gasteiger partial charge in [-0.05, 0) is 18.4 Å². The van der Waals surface area contributed by atoms with Gasteiger partial charge in [-0.25, -0.2) is 8.78 Å². The van der Waals surface area contributed by atoms with E-state index in [1.807, 2.05) is 6.92 Å². The van der Waals surface area contributed by atoms with Crippen molar-refractivity contribution in [3.63, 3.8) is 0 Å². The third kappa shape index (κ3) is 1.77.